The fraction of sp³-hybridized carbons (Fsp3) is 0.522. The van der Waals surface area contributed by atoms with Gasteiger partial charge >= 0.3 is 6.36 Å². The van der Waals surface area contributed by atoms with Gasteiger partial charge in [-0.05, 0) is 49.3 Å². The molecule has 0 spiro atoms. The van der Waals surface area contributed by atoms with Crippen LogP contribution in [0.25, 0.3) is 0 Å². The summed E-state index contributed by atoms with van der Waals surface area (Å²) in [4.78, 5) is 39.2. The van der Waals surface area contributed by atoms with Crippen LogP contribution in [-0.4, -0.2) is 47.6 Å². The zero-order valence-corrected chi connectivity index (χ0v) is 18.2. The molecule has 0 bridgehead atoms. The summed E-state index contributed by atoms with van der Waals surface area (Å²) >= 11 is 0. The summed E-state index contributed by atoms with van der Waals surface area (Å²) in [5.74, 6) is 0.837. The maximum Gasteiger partial charge on any atom is 0.573 e. The van der Waals surface area contributed by atoms with E-state index in [1.807, 2.05) is 6.92 Å². The quantitative estimate of drug-likeness (QED) is 0.603. The standard InChI is InChI=1S/C23H26F3N3O4/c1-3-16(11-19(27)30)28-20(31)18-5-4-10-29(18)21(32)22(12-14(2)13-22)15-6-8-17(9-7-15)33-23(24,25)26/h1,6-9,14,16,18H,4-5,10-13H2,2H3,(H2,27,30)(H,28,31)/t14?,16-,18+,22?/m1/s1. The normalized spacial score (nSPS) is 25.5. The number of alkyl halides is 3. The Hall–Kier alpha value is -3.22. The van der Waals surface area contributed by atoms with Crippen molar-refractivity contribution >= 4 is 17.7 Å². The molecule has 0 aromatic heterocycles. The monoisotopic (exact) mass is 465 g/mol. The van der Waals surface area contributed by atoms with Crippen LogP contribution in [0.5, 0.6) is 5.75 Å². The van der Waals surface area contributed by atoms with Crippen molar-refractivity contribution < 1.29 is 32.3 Å². The average Bonchev–Trinajstić information content (AvgIpc) is 3.19. The topological polar surface area (TPSA) is 102 Å². The molecule has 0 radical (unpaired) electrons. The first-order chi connectivity index (χ1) is 15.4. The van der Waals surface area contributed by atoms with Crippen LogP contribution >= 0.6 is 0 Å². The number of rotatable bonds is 7. The summed E-state index contributed by atoms with van der Waals surface area (Å²) in [5, 5.41) is 2.60. The number of halogens is 3. The van der Waals surface area contributed by atoms with Crippen molar-refractivity contribution in [2.75, 3.05) is 6.54 Å². The van der Waals surface area contributed by atoms with E-state index in [1.54, 1.807) is 0 Å². The Bertz CT molecular complexity index is 949. The fourth-order valence-electron chi connectivity index (χ4n) is 4.82. The number of likely N-dealkylation sites (tertiary alicyclic amines) is 1. The third kappa shape index (κ3) is 5.41. The summed E-state index contributed by atoms with van der Waals surface area (Å²) in [6.07, 6.45) is 2.45. The van der Waals surface area contributed by atoms with E-state index in [4.69, 9.17) is 12.2 Å². The second-order valence-corrected chi connectivity index (χ2v) is 8.72. The minimum atomic E-state index is -4.80. The Kier molecular flexibility index (Phi) is 6.91. The van der Waals surface area contributed by atoms with E-state index in [9.17, 15) is 27.6 Å². The Morgan fingerprint density at radius 1 is 1.30 bits per heavy atom. The van der Waals surface area contributed by atoms with Gasteiger partial charge in [0.05, 0.1) is 17.9 Å². The van der Waals surface area contributed by atoms with E-state index < -0.39 is 35.7 Å². The number of amides is 3. The SMILES string of the molecule is C#C[C@H](CC(N)=O)NC(=O)[C@@H]1CCCN1C(=O)C1(c2ccc(OC(F)(F)F)cc2)CC(C)C1. The van der Waals surface area contributed by atoms with Crippen LogP contribution in [0.3, 0.4) is 0 Å². The van der Waals surface area contributed by atoms with Crippen molar-refractivity contribution in [1.82, 2.24) is 10.2 Å². The number of nitrogens with two attached hydrogens (primary N) is 1. The number of hydrogen-bond acceptors (Lipinski definition) is 4. The van der Waals surface area contributed by atoms with Crippen LogP contribution in [0.2, 0.25) is 0 Å². The van der Waals surface area contributed by atoms with Crippen LogP contribution < -0.4 is 15.8 Å². The lowest BCUT2D eigenvalue weighted by molar-refractivity contribution is -0.274. The molecule has 0 unspecified atom stereocenters. The molecular weight excluding hydrogens is 439 g/mol. The van der Waals surface area contributed by atoms with Gasteiger partial charge in [0.15, 0.2) is 0 Å². The summed E-state index contributed by atoms with van der Waals surface area (Å²) in [5.41, 5.74) is 4.82. The molecule has 2 atom stereocenters. The first kappa shape index (κ1) is 24.4. The van der Waals surface area contributed by atoms with Gasteiger partial charge in [-0.3, -0.25) is 14.4 Å². The highest BCUT2D eigenvalue weighted by Gasteiger charge is 2.53. The third-order valence-corrected chi connectivity index (χ3v) is 6.18. The van der Waals surface area contributed by atoms with Gasteiger partial charge in [-0.15, -0.1) is 19.6 Å². The van der Waals surface area contributed by atoms with E-state index >= 15 is 0 Å². The maximum absolute atomic E-state index is 13.7. The van der Waals surface area contributed by atoms with Crippen molar-refractivity contribution in [2.24, 2.45) is 11.7 Å². The molecule has 3 N–H and O–H groups in total. The molecule has 1 aliphatic carbocycles. The van der Waals surface area contributed by atoms with Gasteiger partial charge in [0, 0.05) is 6.54 Å². The number of benzene rings is 1. The second kappa shape index (κ2) is 9.33. The Morgan fingerprint density at radius 3 is 2.45 bits per heavy atom. The largest absolute Gasteiger partial charge is 0.573 e. The molecular formula is C23H26F3N3O4. The van der Waals surface area contributed by atoms with Crippen LogP contribution in [0.15, 0.2) is 24.3 Å². The molecule has 1 aromatic carbocycles. The van der Waals surface area contributed by atoms with E-state index in [-0.39, 0.29) is 24.0 Å². The number of ether oxygens (including phenoxy) is 1. The smallest absolute Gasteiger partial charge is 0.406 e. The van der Waals surface area contributed by atoms with E-state index in [1.165, 1.54) is 29.2 Å². The Balaban J connectivity index is 1.79. The number of primary amides is 1. The third-order valence-electron chi connectivity index (χ3n) is 6.18. The molecule has 178 valence electrons. The summed E-state index contributed by atoms with van der Waals surface area (Å²) in [7, 11) is 0. The first-order valence-corrected chi connectivity index (χ1v) is 10.7. The van der Waals surface area contributed by atoms with E-state index in [0.29, 0.717) is 37.8 Å². The predicted octanol–water partition coefficient (Wildman–Crippen LogP) is 2.24. The van der Waals surface area contributed by atoms with Crippen molar-refractivity contribution in [3.05, 3.63) is 29.8 Å². The molecule has 1 aliphatic heterocycles. The van der Waals surface area contributed by atoms with Gasteiger partial charge in [0.25, 0.3) is 0 Å². The molecule has 2 fully saturated rings. The number of nitrogens with zero attached hydrogens (tertiary/aromatic N) is 1. The molecule has 10 heteroatoms. The van der Waals surface area contributed by atoms with Gasteiger partial charge < -0.3 is 20.7 Å². The predicted molar refractivity (Wildman–Crippen MR) is 113 cm³/mol. The lowest BCUT2D eigenvalue weighted by Crippen LogP contribution is -2.58. The molecule has 3 amide bonds. The first-order valence-electron chi connectivity index (χ1n) is 10.7. The highest BCUT2D eigenvalue weighted by molar-refractivity contribution is 5.94. The zero-order chi connectivity index (χ0) is 24.4. The summed E-state index contributed by atoms with van der Waals surface area (Å²) in [6.45, 7) is 2.36. The fourth-order valence-corrected chi connectivity index (χ4v) is 4.82. The zero-order valence-electron chi connectivity index (χ0n) is 18.2. The minimum absolute atomic E-state index is 0.212. The van der Waals surface area contributed by atoms with E-state index in [2.05, 4.69) is 16.0 Å². The van der Waals surface area contributed by atoms with Crippen LogP contribution in [-0.2, 0) is 19.8 Å². The van der Waals surface area contributed by atoms with Gasteiger partial charge in [-0.2, -0.15) is 0 Å². The van der Waals surface area contributed by atoms with Crippen molar-refractivity contribution in [3.63, 3.8) is 0 Å². The molecule has 7 nitrogen and oxygen atoms in total. The van der Waals surface area contributed by atoms with Crippen molar-refractivity contribution in [3.8, 4) is 18.1 Å². The molecule has 1 saturated heterocycles. The number of terminal acetylenes is 1. The lowest BCUT2D eigenvalue weighted by Gasteiger charge is -2.48. The molecule has 3 rings (SSSR count). The van der Waals surface area contributed by atoms with Gasteiger partial charge in [-0.1, -0.05) is 25.0 Å². The van der Waals surface area contributed by atoms with Crippen LogP contribution in [0, 0.1) is 18.3 Å². The number of hydrogen-bond donors (Lipinski definition) is 2. The number of carbonyl (C=O) groups is 3. The maximum atomic E-state index is 13.7. The number of carbonyl (C=O) groups excluding carboxylic acids is 3. The van der Waals surface area contributed by atoms with Crippen molar-refractivity contribution in [2.45, 2.75) is 62.9 Å². The number of nitrogens with one attached hydrogen (secondary N) is 1. The van der Waals surface area contributed by atoms with Gasteiger partial charge in [-0.25, -0.2) is 0 Å². The van der Waals surface area contributed by atoms with E-state index in [0.717, 1.165) is 0 Å². The summed E-state index contributed by atoms with van der Waals surface area (Å²) in [6, 6.07) is 3.70. The molecule has 1 aromatic rings. The Labute approximate surface area is 189 Å². The highest BCUT2D eigenvalue weighted by Crippen LogP contribution is 2.50. The molecule has 1 saturated carbocycles. The van der Waals surface area contributed by atoms with Gasteiger partial charge in [0.1, 0.15) is 11.8 Å². The molecule has 33 heavy (non-hydrogen) atoms. The van der Waals surface area contributed by atoms with Crippen LogP contribution in [0.1, 0.15) is 44.6 Å². The Morgan fingerprint density at radius 2 is 1.94 bits per heavy atom. The molecule has 1 heterocycles. The van der Waals surface area contributed by atoms with Gasteiger partial charge in [0.2, 0.25) is 17.7 Å². The summed E-state index contributed by atoms with van der Waals surface area (Å²) < 4.78 is 41.4. The van der Waals surface area contributed by atoms with Crippen molar-refractivity contribution in [1.29, 1.82) is 0 Å². The molecule has 2 aliphatic rings. The second-order valence-electron chi connectivity index (χ2n) is 8.72. The van der Waals surface area contributed by atoms with Crippen LogP contribution in [0.4, 0.5) is 13.2 Å². The average molecular weight is 465 g/mol. The highest BCUT2D eigenvalue weighted by atomic mass is 19.4. The minimum Gasteiger partial charge on any atom is -0.406 e. The lowest BCUT2D eigenvalue weighted by atomic mass is 9.58.